The van der Waals surface area contributed by atoms with Crippen LogP contribution in [-0.2, 0) is 19.2 Å². The number of carbonyl (C=O) groups is 4. The molecule has 0 saturated heterocycles. The Hall–Kier alpha value is -1.98. The monoisotopic (exact) mass is 436 g/mol. The molecule has 0 aromatic carbocycles. The summed E-state index contributed by atoms with van der Waals surface area (Å²) in [5.74, 6) is -5.96. The highest BCUT2D eigenvalue weighted by Gasteiger charge is 2.55. The van der Waals surface area contributed by atoms with Gasteiger partial charge in [-0.2, -0.15) is 0 Å². The highest BCUT2D eigenvalue weighted by Crippen LogP contribution is 2.58. The maximum atomic E-state index is 13.2. The number of carboxylic acids is 1. The third-order valence-corrected chi connectivity index (χ3v) is 6.24. The summed E-state index contributed by atoms with van der Waals surface area (Å²) in [6.45, 7) is 3.77. The van der Waals surface area contributed by atoms with Gasteiger partial charge in [-0.1, -0.05) is 13.3 Å². The predicted molar refractivity (Wildman–Crippen MR) is 107 cm³/mol. The number of carboxylic acid groups (broad SMARTS) is 1. The van der Waals surface area contributed by atoms with E-state index in [4.69, 9.17) is 11.1 Å². The largest absolute Gasteiger partial charge is 0.481 e. The number of nitrogens with zero attached hydrogens (tertiary/aromatic N) is 1. The van der Waals surface area contributed by atoms with Gasteiger partial charge in [0.2, 0.25) is 23.1 Å². The Balaban J connectivity index is 6.29. The lowest BCUT2D eigenvalue weighted by Gasteiger charge is -2.33. The molecule has 29 heavy (non-hydrogen) atoms. The van der Waals surface area contributed by atoms with E-state index in [2.05, 4.69) is 10.6 Å². The Bertz CT molecular complexity index is 641. The van der Waals surface area contributed by atoms with Crippen LogP contribution < -0.4 is 16.4 Å². The van der Waals surface area contributed by atoms with E-state index in [1.807, 2.05) is 0 Å². The van der Waals surface area contributed by atoms with Gasteiger partial charge in [0.05, 0.1) is 12.6 Å². The number of rotatable bonds is 12. The topological polar surface area (TPSA) is 206 Å². The second-order valence-corrected chi connectivity index (χ2v) is 9.15. The van der Waals surface area contributed by atoms with Gasteiger partial charge in [-0.15, -0.1) is 0 Å². The van der Waals surface area contributed by atoms with Crippen LogP contribution in [0.3, 0.4) is 0 Å². The first-order chi connectivity index (χ1) is 13.3. The molecule has 0 spiro atoms. The van der Waals surface area contributed by atoms with Crippen LogP contribution in [0.2, 0.25) is 0 Å². The fourth-order valence-corrected chi connectivity index (χ4v) is 3.87. The minimum atomic E-state index is -4.46. The lowest BCUT2D eigenvalue weighted by molar-refractivity contribution is -0.149. The van der Waals surface area contributed by atoms with Crippen molar-refractivity contribution in [3.05, 3.63) is 0 Å². The van der Waals surface area contributed by atoms with E-state index in [9.17, 15) is 34.1 Å². The van der Waals surface area contributed by atoms with E-state index in [0.29, 0.717) is 11.3 Å². The van der Waals surface area contributed by atoms with Crippen LogP contribution in [0.4, 0.5) is 0 Å². The first kappa shape index (κ1) is 27.0. The van der Waals surface area contributed by atoms with Crippen molar-refractivity contribution in [3.8, 4) is 0 Å². The van der Waals surface area contributed by atoms with Crippen LogP contribution in [0.5, 0.6) is 0 Å². The Morgan fingerprint density at radius 2 is 1.79 bits per heavy atom. The smallest absolute Gasteiger partial charge is 0.338 e. The van der Waals surface area contributed by atoms with Crippen molar-refractivity contribution in [2.75, 3.05) is 13.6 Å². The number of carbonyl (C=O) groups excluding carboxylic acids is 3. The van der Waals surface area contributed by atoms with Crippen molar-refractivity contribution < 1.29 is 34.1 Å². The fraction of sp³-hybridized carbons (Fsp3) is 0.688. The first-order valence-corrected chi connectivity index (χ1v) is 10.8. The summed E-state index contributed by atoms with van der Waals surface area (Å²) in [5.41, 5.74) is 4.86. The number of hydrogen-bond donors (Lipinski definition) is 7. The zero-order valence-corrected chi connectivity index (χ0v) is 17.9. The molecule has 0 aliphatic heterocycles. The summed E-state index contributed by atoms with van der Waals surface area (Å²) in [6.07, 6.45) is -0.444. The third kappa shape index (κ3) is 7.75. The molecule has 0 saturated carbocycles. The van der Waals surface area contributed by atoms with Crippen molar-refractivity contribution in [2.24, 2.45) is 5.73 Å². The highest BCUT2D eigenvalue weighted by molar-refractivity contribution is 7.82. The summed E-state index contributed by atoms with van der Waals surface area (Å²) >= 11 is 0. The molecule has 12 nitrogen and oxygen atoms in total. The fourth-order valence-electron chi connectivity index (χ4n) is 2.45. The van der Waals surface area contributed by atoms with Gasteiger partial charge in [-0.3, -0.25) is 24.6 Å². The van der Waals surface area contributed by atoms with Gasteiger partial charge < -0.3 is 21.5 Å². The van der Waals surface area contributed by atoms with Crippen LogP contribution in [0.1, 0.15) is 40.0 Å². The summed E-state index contributed by atoms with van der Waals surface area (Å²) in [4.78, 5) is 70.4. The average molecular weight is 436 g/mol. The maximum Gasteiger partial charge on any atom is 0.338 e. The molecule has 3 atom stereocenters. The minimum absolute atomic E-state index is 0.103. The van der Waals surface area contributed by atoms with Crippen molar-refractivity contribution in [2.45, 2.75) is 57.9 Å². The molecule has 13 heteroatoms. The standard InChI is InChI=1S/C16H30N5O7P/c1-5-6-11(20-15(25)9(2)17)16(26)21(12(22)8-19-4)13(7-14(23)24)29(27,28)10(3)18/h9,11,13,18-19,27-28H,5-8,17H2,1-4H3,(H-,20,23,24,25)/p+1/t9-,11-,13?/m0/s1. The van der Waals surface area contributed by atoms with Gasteiger partial charge in [0.15, 0.2) is 0 Å². The van der Waals surface area contributed by atoms with Gasteiger partial charge in [-0.25, -0.2) is 14.7 Å². The zero-order valence-electron chi connectivity index (χ0n) is 17.0. The predicted octanol–water partition coefficient (Wildman–Crippen LogP) is -1.18. The molecule has 8 N–H and O–H groups in total. The summed E-state index contributed by atoms with van der Waals surface area (Å²) < 4.78 is 0. The molecular weight excluding hydrogens is 405 g/mol. The van der Waals surface area contributed by atoms with Crippen LogP contribution >= 0.6 is 7.72 Å². The lowest BCUT2D eigenvalue weighted by atomic mass is 10.1. The van der Waals surface area contributed by atoms with Crippen molar-refractivity contribution in [3.63, 3.8) is 0 Å². The van der Waals surface area contributed by atoms with Crippen molar-refractivity contribution in [1.82, 2.24) is 15.5 Å². The molecule has 0 heterocycles. The molecule has 0 bridgehead atoms. The van der Waals surface area contributed by atoms with E-state index in [-0.39, 0.29) is 6.42 Å². The number of nitrogens with two attached hydrogens (primary N) is 1. The van der Waals surface area contributed by atoms with Gasteiger partial charge in [-0.05, 0) is 20.4 Å². The van der Waals surface area contributed by atoms with Gasteiger partial charge in [0, 0.05) is 6.92 Å². The van der Waals surface area contributed by atoms with Gasteiger partial charge in [0.1, 0.15) is 12.5 Å². The maximum absolute atomic E-state index is 13.2. The first-order valence-electron chi connectivity index (χ1n) is 8.99. The Morgan fingerprint density at radius 3 is 2.17 bits per heavy atom. The lowest BCUT2D eigenvalue weighted by Crippen LogP contribution is -2.58. The number of nitrogens with one attached hydrogen (secondary N) is 3. The highest BCUT2D eigenvalue weighted by atomic mass is 31.2. The van der Waals surface area contributed by atoms with Gasteiger partial charge >= 0.3 is 13.7 Å². The molecule has 0 rings (SSSR count). The van der Waals surface area contributed by atoms with E-state index in [1.54, 1.807) is 6.92 Å². The number of amides is 3. The quantitative estimate of drug-likeness (QED) is 0.145. The minimum Gasteiger partial charge on any atom is -0.481 e. The van der Waals surface area contributed by atoms with Crippen LogP contribution in [0.25, 0.3) is 0 Å². The van der Waals surface area contributed by atoms with Crippen LogP contribution in [0.15, 0.2) is 0 Å². The number of aliphatic carboxylic acids is 1. The van der Waals surface area contributed by atoms with E-state index >= 15 is 0 Å². The zero-order chi connectivity index (χ0) is 22.9. The number of hydrogen-bond acceptors (Lipinski definition) is 9. The molecule has 0 aliphatic carbocycles. The van der Waals surface area contributed by atoms with Crippen LogP contribution in [0, 0.1) is 5.41 Å². The van der Waals surface area contributed by atoms with Gasteiger partial charge in [0.25, 0.3) is 5.91 Å². The second kappa shape index (κ2) is 11.9. The SMILES string of the molecule is CCC[C@H](NC(=O)[C@H](C)N)C(=O)N(C(=O)CNC)C(CC(=O)O)[P+](O)(O)C(C)=N. The average Bonchev–Trinajstić information content (AvgIpc) is 2.60. The summed E-state index contributed by atoms with van der Waals surface area (Å²) in [7, 11) is -3.04. The molecule has 0 aliphatic rings. The van der Waals surface area contributed by atoms with Crippen molar-refractivity contribution >= 4 is 36.9 Å². The Kier molecular flexibility index (Phi) is 11.1. The van der Waals surface area contributed by atoms with Crippen LogP contribution in [-0.4, -0.2) is 80.4 Å². The Labute approximate surface area is 169 Å². The molecule has 0 fully saturated rings. The number of imide groups is 1. The second-order valence-electron chi connectivity index (χ2n) is 6.58. The summed E-state index contributed by atoms with van der Waals surface area (Å²) in [5, 5.41) is 21.7. The molecule has 0 aromatic heterocycles. The Morgan fingerprint density at radius 1 is 1.24 bits per heavy atom. The summed E-state index contributed by atoms with van der Waals surface area (Å²) in [6, 6.07) is -2.17. The molecular formula is C16H31N5O7P+. The van der Waals surface area contributed by atoms with E-state index in [0.717, 1.165) is 6.92 Å². The third-order valence-electron chi connectivity index (χ3n) is 4.00. The van der Waals surface area contributed by atoms with E-state index < -0.39 is 67.7 Å². The molecule has 3 amide bonds. The molecule has 1 unspecified atom stereocenters. The molecule has 166 valence electrons. The number of likely N-dealkylation sites (N-methyl/N-ethyl adjacent to an activating group) is 1. The molecule has 0 aromatic rings. The van der Waals surface area contributed by atoms with Crippen molar-refractivity contribution in [1.29, 1.82) is 5.41 Å². The van der Waals surface area contributed by atoms with E-state index in [1.165, 1.54) is 14.0 Å². The normalized spacial score (nSPS) is 14.4. The molecule has 0 radical (unpaired) electrons.